The highest BCUT2D eigenvalue weighted by Gasteiger charge is 2.27. The van der Waals surface area contributed by atoms with Crippen LogP contribution in [-0.4, -0.2) is 41.8 Å². The third-order valence-corrected chi connectivity index (χ3v) is 3.96. The number of piperidine rings is 1. The molecule has 1 aromatic rings. The maximum atomic E-state index is 11.9. The zero-order chi connectivity index (χ0) is 16.3. The number of carbonyl (C=O) groups is 1. The summed E-state index contributed by atoms with van der Waals surface area (Å²) in [7, 11) is 0. The second-order valence-corrected chi connectivity index (χ2v) is 5.46. The number of nitro groups is 1. The summed E-state index contributed by atoms with van der Waals surface area (Å²) in [6.07, 6.45) is 0.377. The van der Waals surface area contributed by atoms with Gasteiger partial charge in [-0.15, -0.1) is 0 Å². The smallest absolute Gasteiger partial charge is 0.345 e. The first-order valence-corrected chi connectivity index (χ1v) is 7.32. The van der Waals surface area contributed by atoms with Gasteiger partial charge in [-0.3, -0.25) is 10.1 Å². The van der Waals surface area contributed by atoms with Crippen LogP contribution >= 0.6 is 0 Å². The number of ether oxygens (including phenoxy) is 1. The molecule has 0 saturated carbocycles. The molecule has 7 nitrogen and oxygen atoms in total. The quantitative estimate of drug-likeness (QED) is 0.519. The Hall–Kier alpha value is -2.15. The maximum absolute atomic E-state index is 11.9. The molecule has 2 unspecified atom stereocenters. The SMILES string of the molecule is CCOC(=O)c1cc(N2CCC(C)C(O)C2)ccc1[N+](=O)[O-]. The lowest BCUT2D eigenvalue weighted by molar-refractivity contribution is -0.385. The summed E-state index contributed by atoms with van der Waals surface area (Å²) in [4.78, 5) is 24.3. The number of rotatable bonds is 4. The fourth-order valence-electron chi connectivity index (χ4n) is 2.54. The number of nitrogens with zero attached hydrogens (tertiary/aromatic N) is 2. The number of hydrogen-bond donors (Lipinski definition) is 1. The van der Waals surface area contributed by atoms with Crippen LogP contribution in [0.25, 0.3) is 0 Å². The van der Waals surface area contributed by atoms with Gasteiger partial charge in [0.25, 0.3) is 5.69 Å². The highest BCUT2D eigenvalue weighted by atomic mass is 16.6. The number of nitro benzene ring substituents is 1. The average molecular weight is 308 g/mol. The lowest BCUT2D eigenvalue weighted by Crippen LogP contribution is -2.42. The second-order valence-electron chi connectivity index (χ2n) is 5.46. The Morgan fingerprint density at radius 2 is 2.27 bits per heavy atom. The van der Waals surface area contributed by atoms with E-state index in [4.69, 9.17) is 4.74 Å². The Balaban J connectivity index is 2.32. The van der Waals surface area contributed by atoms with E-state index in [1.165, 1.54) is 12.1 Å². The molecule has 120 valence electrons. The molecule has 0 radical (unpaired) electrons. The fourth-order valence-corrected chi connectivity index (χ4v) is 2.54. The molecule has 0 spiro atoms. The van der Waals surface area contributed by atoms with Crippen molar-refractivity contribution in [2.45, 2.75) is 26.4 Å². The van der Waals surface area contributed by atoms with E-state index in [1.807, 2.05) is 11.8 Å². The number of hydrogen-bond acceptors (Lipinski definition) is 6. The van der Waals surface area contributed by atoms with Crippen LogP contribution in [0.4, 0.5) is 11.4 Å². The molecule has 2 rings (SSSR count). The summed E-state index contributed by atoms with van der Waals surface area (Å²) in [6.45, 7) is 4.97. The van der Waals surface area contributed by atoms with Gasteiger partial charge >= 0.3 is 5.97 Å². The van der Waals surface area contributed by atoms with Crippen molar-refractivity contribution < 1.29 is 19.6 Å². The number of β-amino-alcohol motifs (C(OH)–C–C–N with tert-alkyl or cyclic N) is 1. The van der Waals surface area contributed by atoms with Gasteiger partial charge in [0, 0.05) is 24.8 Å². The van der Waals surface area contributed by atoms with Gasteiger partial charge in [0.2, 0.25) is 0 Å². The highest BCUT2D eigenvalue weighted by molar-refractivity contribution is 5.95. The van der Waals surface area contributed by atoms with Gasteiger partial charge < -0.3 is 14.7 Å². The number of benzene rings is 1. The standard InChI is InChI=1S/C15H20N2O5/c1-3-22-15(19)12-8-11(4-5-13(12)17(20)21)16-7-6-10(2)14(18)9-16/h4-5,8,10,14,18H,3,6-7,9H2,1-2H3. The molecule has 1 aliphatic heterocycles. The molecule has 1 N–H and O–H groups in total. The zero-order valence-corrected chi connectivity index (χ0v) is 12.7. The normalized spacial score (nSPS) is 21.5. The summed E-state index contributed by atoms with van der Waals surface area (Å²) in [5, 5.41) is 21.0. The van der Waals surface area contributed by atoms with Crippen LogP contribution in [-0.2, 0) is 4.74 Å². The minimum Gasteiger partial charge on any atom is -0.462 e. The third-order valence-electron chi connectivity index (χ3n) is 3.96. The third kappa shape index (κ3) is 3.36. The molecular formula is C15H20N2O5. The summed E-state index contributed by atoms with van der Waals surface area (Å²) < 4.78 is 4.89. The molecule has 0 aliphatic carbocycles. The molecule has 1 fully saturated rings. The first-order chi connectivity index (χ1) is 10.4. The minimum atomic E-state index is -0.707. The van der Waals surface area contributed by atoms with Crippen LogP contribution in [0.15, 0.2) is 18.2 Å². The van der Waals surface area contributed by atoms with Crippen LogP contribution in [0.3, 0.4) is 0 Å². The largest absolute Gasteiger partial charge is 0.462 e. The molecule has 1 aliphatic rings. The Morgan fingerprint density at radius 3 is 2.86 bits per heavy atom. The van der Waals surface area contributed by atoms with Crippen LogP contribution < -0.4 is 4.90 Å². The van der Waals surface area contributed by atoms with Gasteiger partial charge in [-0.2, -0.15) is 0 Å². The van der Waals surface area contributed by atoms with Crippen LogP contribution in [0.2, 0.25) is 0 Å². The fraction of sp³-hybridized carbons (Fsp3) is 0.533. The molecule has 1 heterocycles. The molecule has 1 saturated heterocycles. The molecule has 0 bridgehead atoms. The monoisotopic (exact) mass is 308 g/mol. The second kappa shape index (κ2) is 6.74. The van der Waals surface area contributed by atoms with Crippen molar-refractivity contribution in [3.8, 4) is 0 Å². The van der Waals surface area contributed by atoms with Gasteiger partial charge in [0.05, 0.1) is 17.6 Å². The Kier molecular flexibility index (Phi) is 4.97. The molecule has 0 aromatic heterocycles. The molecule has 2 atom stereocenters. The topological polar surface area (TPSA) is 92.9 Å². The van der Waals surface area contributed by atoms with Crippen molar-refractivity contribution >= 4 is 17.3 Å². The van der Waals surface area contributed by atoms with E-state index >= 15 is 0 Å². The van der Waals surface area contributed by atoms with E-state index in [-0.39, 0.29) is 23.8 Å². The number of anilines is 1. The summed E-state index contributed by atoms with van der Waals surface area (Å²) >= 11 is 0. The minimum absolute atomic E-state index is 0.0579. The lowest BCUT2D eigenvalue weighted by atomic mass is 9.95. The lowest BCUT2D eigenvalue weighted by Gasteiger charge is -2.35. The molecule has 22 heavy (non-hydrogen) atoms. The number of aliphatic hydroxyl groups is 1. The van der Waals surface area contributed by atoms with E-state index in [2.05, 4.69) is 0 Å². The van der Waals surface area contributed by atoms with Gasteiger partial charge in [-0.05, 0) is 31.4 Å². The van der Waals surface area contributed by atoms with Gasteiger partial charge in [-0.25, -0.2) is 4.79 Å². The van der Waals surface area contributed by atoms with E-state index in [0.29, 0.717) is 12.2 Å². The molecular weight excluding hydrogens is 288 g/mol. The Bertz CT molecular complexity index is 575. The first kappa shape index (κ1) is 16.2. The number of esters is 1. The van der Waals surface area contributed by atoms with E-state index in [9.17, 15) is 20.0 Å². The predicted molar refractivity (Wildman–Crippen MR) is 81.1 cm³/mol. The van der Waals surface area contributed by atoms with Crippen molar-refractivity contribution in [2.75, 3.05) is 24.6 Å². The summed E-state index contributed by atoms with van der Waals surface area (Å²) in [5.41, 5.74) is 0.352. The number of aliphatic hydroxyl groups excluding tert-OH is 1. The number of carbonyl (C=O) groups excluding carboxylic acids is 1. The van der Waals surface area contributed by atoms with Crippen molar-refractivity contribution in [3.05, 3.63) is 33.9 Å². The summed E-state index contributed by atoms with van der Waals surface area (Å²) in [6, 6.07) is 4.38. The van der Waals surface area contributed by atoms with Crippen LogP contribution in [0, 0.1) is 16.0 Å². The van der Waals surface area contributed by atoms with Crippen molar-refractivity contribution in [3.63, 3.8) is 0 Å². The highest BCUT2D eigenvalue weighted by Crippen LogP contribution is 2.29. The van der Waals surface area contributed by atoms with Crippen molar-refractivity contribution in [1.29, 1.82) is 0 Å². The van der Waals surface area contributed by atoms with E-state index < -0.39 is 17.0 Å². The molecule has 0 amide bonds. The first-order valence-electron chi connectivity index (χ1n) is 7.32. The van der Waals surface area contributed by atoms with Crippen molar-refractivity contribution in [1.82, 2.24) is 0 Å². The molecule has 7 heteroatoms. The van der Waals surface area contributed by atoms with Crippen LogP contribution in [0.5, 0.6) is 0 Å². The Morgan fingerprint density at radius 1 is 1.55 bits per heavy atom. The summed E-state index contributed by atoms with van der Waals surface area (Å²) in [5.74, 6) is -0.485. The maximum Gasteiger partial charge on any atom is 0.345 e. The zero-order valence-electron chi connectivity index (χ0n) is 12.7. The van der Waals surface area contributed by atoms with Gasteiger partial charge in [0.1, 0.15) is 5.56 Å². The van der Waals surface area contributed by atoms with E-state index in [1.54, 1.807) is 13.0 Å². The predicted octanol–water partition coefficient (Wildman–Crippen LogP) is 1.98. The Labute approximate surface area is 128 Å². The van der Waals surface area contributed by atoms with E-state index in [0.717, 1.165) is 13.0 Å². The average Bonchev–Trinajstić information content (AvgIpc) is 2.49. The van der Waals surface area contributed by atoms with Gasteiger partial charge in [0.15, 0.2) is 0 Å². The molecule has 1 aromatic carbocycles. The van der Waals surface area contributed by atoms with Crippen LogP contribution in [0.1, 0.15) is 30.6 Å². The van der Waals surface area contributed by atoms with Crippen molar-refractivity contribution in [2.24, 2.45) is 5.92 Å². The van der Waals surface area contributed by atoms with Gasteiger partial charge in [-0.1, -0.05) is 6.92 Å².